The molecule has 114 valence electrons. The first-order chi connectivity index (χ1) is 8.94. The summed E-state index contributed by atoms with van der Waals surface area (Å²) >= 11 is 0. The van der Waals surface area contributed by atoms with Crippen molar-refractivity contribution >= 4 is 16.2 Å². The number of hydrogen-bond donors (Lipinski definition) is 2. The van der Waals surface area contributed by atoms with Crippen molar-refractivity contribution in [2.24, 2.45) is 0 Å². The normalized spacial score (nSPS) is 11.8. The highest BCUT2D eigenvalue weighted by Crippen LogP contribution is 2.00. The summed E-state index contributed by atoms with van der Waals surface area (Å²) in [6.45, 7) is 0.616. The second-order valence-electron chi connectivity index (χ2n) is 4.18. The molecule has 0 saturated carbocycles. The molecule has 0 atom stereocenters. The molecule has 0 aromatic heterocycles. The predicted molar refractivity (Wildman–Crippen MR) is 71.7 cm³/mol. The van der Waals surface area contributed by atoms with Gasteiger partial charge in [0, 0.05) is 26.7 Å². The van der Waals surface area contributed by atoms with Gasteiger partial charge in [-0.05, 0) is 12.8 Å². The van der Waals surface area contributed by atoms with Gasteiger partial charge in [0.15, 0.2) is 0 Å². The first-order valence-corrected chi connectivity index (χ1v) is 7.76. The molecule has 0 bridgehead atoms. The van der Waals surface area contributed by atoms with Gasteiger partial charge in [-0.2, -0.15) is 12.7 Å². The lowest BCUT2D eigenvalue weighted by molar-refractivity contribution is -0.140. The highest BCUT2D eigenvalue weighted by molar-refractivity contribution is 7.87. The molecule has 0 saturated heterocycles. The zero-order valence-corrected chi connectivity index (χ0v) is 12.4. The molecule has 0 radical (unpaired) electrons. The highest BCUT2D eigenvalue weighted by atomic mass is 32.2. The Morgan fingerprint density at radius 1 is 1.26 bits per heavy atom. The summed E-state index contributed by atoms with van der Waals surface area (Å²) in [5, 5.41) is 8.59. The van der Waals surface area contributed by atoms with Crippen molar-refractivity contribution in [3.63, 3.8) is 0 Å². The first-order valence-electron chi connectivity index (χ1n) is 6.32. The number of esters is 1. The van der Waals surface area contributed by atoms with E-state index < -0.39 is 16.2 Å². The Labute approximate surface area is 115 Å². The van der Waals surface area contributed by atoms with Gasteiger partial charge in [0.2, 0.25) is 0 Å². The monoisotopic (exact) mass is 296 g/mol. The van der Waals surface area contributed by atoms with Crippen LogP contribution in [0.4, 0.5) is 0 Å². The molecule has 0 amide bonds. The van der Waals surface area contributed by atoms with Crippen LogP contribution in [0.3, 0.4) is 0 Å². The number of carbonyl (C=O) groups is 1. The Morgan fingerprint density at radius 2 is 1.89 bits per heavy atom. The summed E-state index contributed by atoms with van der Waals surface area (Å²) in [7, 11) is -0.852. The summed E-state index contributed by atoms with van der Waals surface area (Å²) in [6, 6.07) is 0. The lowest BCUT2D eigenvalue weighted by Crippen LogP contribution is -2.39. The van der Waals surface area contributed by atoms with Gasteiger partial charge >= 0.3 is 5.97 Å². The number of methoxy groups -OCH3 is 1. The number of nitrogens with one attached hydrogen (secondary N) is 1. The fourth-order valence-electron chi connectivity index (χ4n) is 1.37. The molecule has 19 heavy (non-hydrogen) atoms. The van der Waals surface area contributed by atoms with Crippen LogP contribution in [0, 0.1) is 0 Å². The van der Waals surface area contributed by atoms with Crippen LogP contribution in [0.15, 0.2) is 0 Å². The van der Waals surface area contributed by atoms with Crippen LogP contribution in [0.25, 0.3) is 0 Å². The van der Waals surface area contributed by atoms with E-state index in [2.05, 4.69) is 9.46 Å². The van der Waals surface area contributed by atoms with Crippen LogP contribution in [-0.4, -0.2) is 57.7 Å². The number of aliphatic hydroxyl groups excluding tert-OH is 1. The van der Waals surface area contributed by atoms with Crippen molar-refractivity contribution in [1.82, 2.24) is 9.03 Å². The number of unbranched alkanes of at least 4 members (excludes halogenated alkanes) is 3. The number of hydrogen-bond acceptors (Lipinski definition) is 5. The van der Waals surface area contributed by atoms with E-state index in [1.54, 1.807) is 0 Å². The molecule has 0 aliphatic rings. The minimum Gasteiger partial charge on any atom is -0.469 e. The predicted octanol–water partition coefficient (Wildman–Crippen LogP) is -0.132. The maximum Gasteiger partial charge on any atom is 0.306 e. The van der Waals surface area contributed by atoms with Crippen molar-refractivity contribution < 1.29 is 23.1 Å². The fourth-order valence-corrected chi connectivity index (χ4v) is 2.33. The average Bonchev–Trinajstić information content (AvgIpc) is 2.39. The zero-order chi connectivity index (χ0) is 14.7. The molecule has 0 unspecified atom stereocenters. The summed E-state index contributed by atoms with van der Waals surface area (Å²) in [5.41, 5.74) is 0. The van der Waals surface area contributed by atoms with E-state index in [-0.39, 0.29) is 19.6 Å². The van der Waals surface area contributed by atoms with E-state index in [0.29, 0.717) is 6.54 Å². The van der Waals surface area contributed by atoms with Gasteiger partial charge in [-0.15, -0.1) is 0 Å². The van der Waals surface area contributed by atoms with Crippen LogP contribution in [0.1, 0.15) is 32.1 Å². The number of rotatable bonds is 11. The van der Waals surface area contributed by atoms with E-state index in [9.17, 15) is 13.2 Å². The molecule has 7 nitrogen and oxygen atoms in total. The standard InChI is InChI=1S/C11H24N2O5S/c1-13(9-7-11(15)18-2)19(16,17)12-8-5-3-4-6-10-14/h12,14H,3-10H2,1-2H3. The summed E-state index contributed by atoms with van der Waals surface area (Å²) in [6.07, 6.45) is 3.26. The molecule has 8 heteroatoms. The van der Waals surface area contributed by atoms with Gasteiger partial charge < -0.3 is 9.84 Å². The second-order valence-corrected chi connectivity index (χ2v) is 6.05. The SMILES string of the molecule is COC(=O)CCN(C)S(=O)(=O)NCCCCCCO. The highest BCUT2D eigenvalue weighted by Gasteiger charge is 2.17. The minimum absolute atomic E-state index is 0.0322. The number of ether oxygens (including phenoxy) is 1. The first kappa shape index (κ1) is 18.3. The fraction of sp³-hybridized carbons (Fsp3) is 0.909. The van der Waals surface area contributed by atoms with Gasteiger partial charge in [0.25, 0.3) is 10.2 Å². The molecular weight excluding hydrogens is 272 g/mol. The number of carbonyl (C=O) groups excluding carboxylic acids is 1. The van der Waals surface area contributed by atoms with Gasteiger partial charge in [-0.1, -0.05) is 12.8 Å². The van der Waals surface area contributed by atoms with Crippen LogP contribution in [0.5, 0.6) is 0 Å². The second kappa shape index (κ2) is 10.1. The van der Waals surface area contributed by atoms with Crippen LogP contribution in [0.2, 0.25) is 0 Å². The van der Waals surface area contributed by atoms with Crippen molar-refractivity contribution in [2.45, 2.75) is 32.1 Å². The van der Waals surface area contributed by atoms with E-state index in [4.69, 9.17) is 5.11 Å². The van der Waals surface area contributed by atoms with Gasteiger partial charge in [-0.3, -0.25) is 4.79 Å². The molecule has 0 aromatic carbocycles. The van der Waals surface area contributed by atoms with Crippen molar-refractivity contribution in [1.29, 1.82) is 0 Å². The van der Waals surface area contributed by atoms with Gasteiger partial charge in [-0.25, -0.2) is 4.72 Å². The smallest absolute Gasteiger partial charge is 0.306 e. The Morgan fingerprint density at radius 3 is 2.47 bits per heavy atom. The number of aliphatic hydroxyl groups is 1. The zero-order valence-electron chi connectivity index (χ0n) is 11.6. The third kappa shape index (κ3) is 8.93. The molecule has 0 rings (SSSR count). The largest absolute Gasteiger partial charge is 0.469 e. The van der Waals surface area contributed by atoms with Crippen molar-refractivity contribution in [3.8, 4) is 0 Å². The van der Waals surface area contributed by atoms with E-state index >= 15 is 0 Å². The Hall–Kier alpha value is -0.700. The minimum atomic E-state index is -3.53. The molecule has 0 aromatic rings. The van der Waals surface area contributed by atoms with Gasteiger partial charge in [0.05, 0.1) is 13.5 Å². The molecule has 0 fully saturated rings. The molecule has 0 aliphatic carbocycles. The van der Waals surface area contributed by atoms with Crippen molar-refractivity contribution in [3.05, 3.63) is 0 Å². The van der Waals surface area contributed by atoms with E-state index in [1.807, 2.05) is 0 Å². The third-order valence-electron chi connectivity index (χ3n) is 2.64. The molecular formula is C11H24N2O5S. The summed E-state index contributed by atoms with van der Waals surface area (Å²) in [5.74, 6) is -0.439. The van der Waals surface area contributed by atoms with Crippen LogP contribution < -0.4 is 4.72 Å². The lowest BCUT2D eigenvalue weighted by atomic mass is 10.2. The molecule has 0 spiro atoms. The summed E-state index contributed by atoms with van der Waals surface area (Å²) < 4.78 is 31.5. The average molecular weight is 296 g/mol. The van der Waals surface area contributed by atoms with Gasteiger partial charge in [0.1, 0.15) is 0 Å². The van der Waals surface area contributed by atoms with E-state index in [1.165, 1.54) is 14.2 Å². The Bertz CT molecular complexity index is 345. The summed E-state index contributed by atoms with van der Waals surface area (Å²) in [4.78, 5) is 10.9. The Kier molecular flexibility index (Phi) is 9.76. The maximum atomic E-state index is 11.7. The van der Waals surface area contributed by atoms with Crippen molar-refractivity contribution in [2.75, 3.05) is 33.9 Å². The number of nitrogens with zero attached hydrogens (tertiary/aromatic N) is 1. The molecule has 0 heterocycles. The quantitative estimate of drug-likeness (QED) is 0.409. The van der Waals surface area contributed by atoms with E-state index in [0.717, 1.165) is 30.0 Å². The topological polar surface area (TPSA) is 95.9 Å². The van der Waals surface area contributed by atoms with Crippen LogP contribution in [-0.2, 0) is 19.7 Å². The van der Waals surface area contributed by atoms with Crippen LogP contribution >= 0.6 is 0 Å². The lowest BCUT2D eigenvalue weighted by Gasteiger charge is -2.17. The third-order valence-corrected chi connectivity index (χ3v) is 4.21. The molecule has 2 N–H and O–H groups in total. The maximum absolute atomic E-state index is 11.7. The molecule has 0 aliphatic heterocycles. The Balaban J connectivity index is 3.86.